The highest BCUT2D eigenvalue weighted by molar-refractivity contribution is 7.88. The van der Waals surface area contributed by atoms with Crippen LogP contribution in [0.4, 0.5) is 11.6 Å². The van der Waals surface area contributed by atoms with Crippen molar-refractivity contribution in [3.8, 4) is 0 Å². The van der Waals surface area contributed by atoms with Crippen molar-refractivity contribution in [2.24, 2.45) is 0 Å². The van der Waals surface area contributed by atoms with Gasteiger partial charge < -0.3 is 5.32 Å². The quantitative estimate of drug-likeness (QED) is 0.931. The first kappa shape index (κ1) is 15.9. The van der Waals surface area contributed by atoms with Crippen LogP contribution in [0.15, 0.2) is 36.5 Å². The molecule has 1 saturated heterocycles. The lowest BCUT2D eigenvalue weighted by Gasteiger charge is -2.22. The highest BCUT2D eigenvalue weighted by Gasteiger charge is 2.33. The second-order valence-electron chi connectivity index (χ2n) is 5.77. The van der Waals surface area contributed by atoms with Gasteiger partial charge in [-0.1, -0.05) is 12.1 Å². The molecule has 2 aromatic heterocycles. The average molecular weight is 332 g/mol. The summed E-state index contributed by atoms with van der Waals surface area (Å²) in [6.07, 6.45) is 4.63. The molecule has 0 amide bonds. The monoisotopic (exact) mass is 332 g/mol. The van der Waals surface area contributed by atoms with Crippen LogP contribution in [0.1, 0.15) is 30.1 Å². The third-order valence-corrected chi connectivity index (χ3v) is 5.29. The van der Waals surface area contributed by atoms with Crippen LogP contribution >= 0.6 is 0 Å². The van der Waals surface area contributed by atoms with E-state index in [9.17, 15) is 8.42 Å². The number of sulfonamides is 1. The van der Waals surface area contributed by atoms with Crippen LogP contribution in [-0.4, -0.2) is 35.5 Å². The molecule has 0 spiro atoms. The van der Waals surface area contributed by atoms with E-state index < -0.39 is 10.0 Å². The van der Waals surface area contributed by atoms with E-state index in [0.29, 0.717) is 12.4 Å². The van der Waals surface area contributed by atoms with Gasteiger partial charge in [-0.25, -0.2) is 18.4 Å². The van der Waals surface area contributed by atoms with Crippen LogP contribution < -0.4 is 5.32 Å². The summed E-state index contributed by atoms with van der Waals surface area (Å²) in [6.45, 7) is 2.53. The Morgan fingerprint density at radius 3 is 2.83 bits per heavy atom. The van der Waals surface area contributed by atoms with Crippen LogP contribution in [-0.2, 0) is 10.0 Å². The molecule has 0 saturated carbocycles. The van der Waals surface area contributed by atoms with Gasteiger partial charge in [0.25, 0.3) is 0 Å². The van der Waals surface area contributed by atoms with Crippen molar-refractivity contribution in [1.82, 2.24) is 14.3 Å². The maximum Gasteiger partial charge on any atom is 0.211 e. The van der Waals surface area contributed by atoms with E-state index in [1.807, 2.05) is 37.3 Å². The second kappa shape index (κ2) is 6.25. The zero-order chi connectivity index (χ0) is 16.4. The Labute approximate surface area is 136 Å². The Balaban J connectivity index is 1.87. The summed E-state index contributed by atoms with van der Waals surface area (Å²) >= 11 is 0. The van der Waals surface area contributed by atoms with Crippen LogP contribution in [0.5, 0.6) is 0 Å². The summed E-state index contributed by atoms with van der Waals surface area (Å²) in [5.74, 6) is 1.42. The molecule has 122 valence electrons. The molecule has 3 heterocycles. The van der Waals surface area contributed by atoms with Gasteiger partial charge in [0.15, 0.2) is 0 Å². The average Bonchev–Trinajstić information content (AvgIpc) is 3.00. The number of pyridine rings is 2. The Bertz CT molecular complexity index is 807. The first-order chi connectivity index (χ1) is 10.9. The molecule has 1 N–H and O–H groups in total. The minimum absolute atomic E-state index is 0.184. The number of nitrogens with one attached hydrogen (secondary N) is 1. The van der Waals surface area contributed by atoms with Gasteiger partial charge in [-0.3, -0.25) is 0 Å². The van der Waals surface area contributed by atoms with E-state index in [1.165, 1.54) is 10.6 Å². The maximum atomic E-state index is 11.9. The van der Waals surface area contributed by atoms with Crippen LogP contribution in [0, 0.1) is 6.92 Å². The van der Waals surface area contributed by atoms with Crippen molar-refractivity contribution in [1.29, 1.82) is 0 Å². The first-order valence-electron chi connectivity index (χ1n) is 7.57. The Morgan fingerprint density at radius 1 is 1.26 bits per heavy atom. The third kappa shape index (κ3) is 3.51. The highest BCUT2D eigenvalue weighted by atomic mass is 32.2. The van der Waals surface area contributed by atoms with Crippen molar-refractivity contribution in [2.45, 2.75) is 25.8 Å². The van der Waals surface area contributed by atoms with Gasteiger partial charge in [-0.05, 0) is 43.5 Å². The fraction of sp³-hybridized carbons (Fsp3) is 0.375. The van der Waals surface area contributed by atoms with Gasteiger partial charge in [0.05, 0.1) is 18.0 Å². The molecule has 0 aliphatic carbocycles. The first-order valence-corrected chi connectivity index (χ1v) is 9.42. The molecule has 1 fully saturated rings. The molecule has 0 unspecified atom stereocenters. The SMILES string of the molecule is Cc1cccnc1Nc1cccc([C@H]2CCCN2S(C)(=O)=O)n1. The predicted molar refractivity (Wildman–Crippen MR) is 90.0 cm³/mol. The van der Waals surface area contributed by atoms with E-state index in [0.717, 1.165) is 29.9 Å². The highest BCUT2D eigenvalue weighted by Crippen LogP contribution is 2.33. The third-order valence-electron chi connectivity index (χ3n) is 4.00. The molecule has 1 atom stereocenters. The summed E-state index contributed by atoms with van der Waals surface area (Å²) in [4.78, 5) is 8.90. The molecule has 1 aliphatic rings. The van der Waals surface area contributed by atoms with Gasteiger partial charge in [-0.2, -0.15) is 4.31 Å². The summed E-state index contributed by atoms with van der Waals surface area (Å²) in [5.41, 5.74) is 1.80. The standard InChI is InChI=1S/C16H20N4O2S/c1-12-6-4-10-17-16(12)19-15-9-3-7-13(18-15)14-8-5-11-20(14)23(2,21)22/h3-4,6-7,9-10,14H,5,8,11H2,1-2H3,(H,17,18,19)/t14-/m1/s1. The number of aryl methyl sites for hydroxylation is 1. The summed E-state index contributed by atoms with van der Waals surface area (Å²) < 4.78 is 25.4. The fourth-order valence-corrected chi connectivity index (χ4v) is 4.01. The number of hydrogen-bond acceptors (Lipinski definition) is 5. The van der Waals surface area contributed by atoms with Crippen molar-refractivity contribution >= 4 is 21.7 Å². The van der Waals surface area contributed by atoms with E-state index >= 15 is 0 Å². The smallest absolute Gasteiger partial charge is 0.211 e. The second-order valence-corrected chi connectivity index (χ2v) is 7.71. The van der Waals surface area contributed by atoms with Crippen LogP contribution in [0.3, 0.4) is 0 Å². The Hall–Kier alpha value is -1.99. The lowest BCUT2D eigenvalue weighted by molar-refractivity contribution is 0.394. The van der Waals surface area contributed by atoms with E-state index in [1.54, 1.807) is 6.20 Å². The maximum absolute atomic E-state index is 11.9. The van der Waals surface area contributed by atoms with E-state index in [-0.39, 0.29) is 6.04 Å². The van der Waals surface area contributed by atoms with Crippen LogP contribution in [0.25, 0.3) is 0 Å². The molecule has 2 aromatic rings. The summed E-state index contributed by atoms with van der Waals surface area (Å²) in [5, 5.41) is 3.20. The van der Waals surface area contributed by atoms with Gasteiger partial charge in [0, 0.05) is 12.7 Å². The van der Waals surface area contributed by atoms with Crippen molar-refractivity contribution in [3.63, 3.8) is 0 Å². The lowest BCUT2D eigenvalue weighted by atomic mass is 10.1. The molecule has 7 heteroatoms. The van der Waals surface area contributed by atoms with Gasteiger partial charge in [-0.15, -0.1) is 0 Å². The number of hydrogen-bond donors (Lipinski definition) is 1. The molecule has 0 aromatic carbocycles. The van der Waals surface area contributed by atoms with Gasteiger partial charge in [0.1, 0.15) is 11.6 Å². The molecule has 3 rings (SSSR count). The topological polar surface area (TPSA) is 75.2 Å². The number of rotatable bonds is 4. The summed E-state index contributed by atoms with van der Waals surface area (Å²) in [6, 6.07) is 9.30. The fourth-order valence-electron chi connectivity index (χ4n) is 2.88. The van der Waals surface area contributed by atoms with Crippen molar-refractivity contribution in [3.05, 3.63) is 47.8 Å². The lowest BCUT2D eigenvalue weighted by Crippen LogP contribution is -2.29. The van der Waals surface area contributed by atoms with Crippen LogP contribution in [0.2, 0.25) is 0 Å². The van der Waals surface area contributed by atoms with Gasteiger partial charge in [0.2, 0.25) is 10.0 Å². The Morgan fingerprint density at radius 2 is 2.09 bits per heavy atom. The number of aromatic nitrogens is 2. The minimum Gasteiger partial charge on any atom is -0.325 e. The van der Waals surface area contributed by atoms with Crippen molar-refractivity contribution < 1.29 is 8.42 Å². The molecular weight excluding hydrogens is 312 g/mol. The largest absolute Gasteiger partial charge is 0.325 e. The number of nitrogens with zero attached hydrogens (tertiary/aromatic N) is 3. The normalized spacial score (nSPS) is 19.0. The van der Waals surface area contributed by atoms with Crippen molar-refractivity contribution in [2.75, 3.05) is 18.1 Å². The predicted octanol–water partition coefficient (Wildman–Crippen LogP) is 2.63. The van der Waals surface area contributed by atoms with E-state index in [2.05, 4.69) is 15.3 Å². The molecule has 23 heavy (non-hydrogen) atoms. The van der Waals surface area contributed by atoms with E-state index in [4.69, 9.17) is 0 Å². The molecular formula is C16H20N4O2S. The summed E-state index contributed by atoms with van der Waals surface area (Å²) in [7, 11) is -3.22. The minimum atomic E-state index is -3.22. The zero-order valence-electron chi connectivity index (χ0n) is 13.2. The van der Waals surface area contributed by atoms with Gasteiger partial charge >= 0.3 is 0 Å². The zero-order valence-corrected chi connectivity index (χ0v) is 14.0. The molecule has 0 radical (unpaired) electrons. The molecule has 0 bridgehead atoms. The Kier molecular flexibility index (Phi) is 4.32. The molecule has 6 nitrogen and oxygen atoms in total. The number of anilines is 2. The molecule has 1 aliphatic heterocycles.